The van der Waals surface area contributed by atoms with E-state index in [1.807, 2.05) is 0 Å². The molecule has 0 aliphatic carbocycles. The van der Waals surface area contributed by atoms with Crippen LogP contribution in [0.15, 0.2) is 46.9 Å². The topological polar surface area (TPSA) is 87.0 Å². The van der Waals surface area contributed by atoms with Crippen LogP contribution in [0.5, 0.6) is 11.5 Å². The SMILES string of the molecule is CCOC(=O)COc1cccc(NC(=O)c2c(C)oc3ccc(OC)cc23)c1. The van der Waals surface area contributed by atoms with Gasteiger partial charge in [-0.05, 0) is 44.2 Å². The van der Waals surface area contributed by atoms with Gasteiger partial charge >= 0.3 is 5.97 Å². The van der Waals surface area contributed by atoms with Crippen LogP contribution < -0.4 is 14.8 Å². The molecule has 0 aliphatic rings. The van der Waals surface area contributed by atoms with Gasteiger partial charge in [0.2, 0.25) is 0 Å². The third-order valence-electron chi connectivity index (χ3n) is 4.05. The molecule has 1 heterocycles. The van der Waals surface area contributed by atoms with Gasteiger partial charge in [0, 0.05) is 17.1 Å². The Morgan fingerprint density at radius 1 is 1.11 bits per heavy atom. The summed E-state index contributed by atoms with van der Waals surface area (Å²) in [6.07, 6.45) is 0. The van der Waals surface area contributed by atoms with Gasteiger partial charge in [-0.25, -0.2) is 4.79 Å². The maximum absolute atomic E-state index is 12.8. The lowest BCUT2D eigenvalue weighted by molar-refractivity contribution is -0.145. The van der Waals surface area contributed by atoms with Gasteiger partial charge in [0.05, 0.1) is 19.3 Å². The van der Waals surface area contributed by atoms with Crippen LogP contribution in [0.4, 0.5) is 5.69 Å². The summed E-state index contributed by atoms with van der Waals surface area (Å²) in [7, 11) is 1.57. The van der Waals surface area contributed by atoms with Crippen molar-refractivity contribution in [1.82, 2.24) is 0 Å². The Bertz CT molecular complexity index is 1010. The highest BCUT2D eigenvalue weighted by atomic mass is 16.6. The Balaban J connectivity index is 1.78. The van der Waals surface area contributed by atoms with E-state index in [1.165, 1.54) is 0 Å². The molecule has 28 heavy (non-hydrogen) atoms. The van der Waals surface area contributed by atoms with Crippen LogP contribution in [0.2, 0.25) is 0 Å². The normalized spacial score (nSPS) is 10.5. The number of amides is 1. The lowest BCUT2D eigenvalue weighted by atomic mass is 10.1. The van der Waals surface area contributed by atoms with Crippen molar-refractivity contribution in [2.24, 2.45) is 0 Å². The zero-order valence-electron chi connectivity index (χ0n) is 15.9. The molecule has 7 nitrogen and oxygen atoms in total. The Kier molecular flexibility index (Phi) is 5.84. The van der Waals surface area contributed by atoms with Gasteiger partial charge in [-0.3, -0.25) is 4.79 Å². The van der Waals surface area contributed by atoms with Gasteiger partial charge in [-0.2, -0.15) is 0 Å². The number of esters is 1. The number of nitrogens with one attached hydrogen (secondary N) is 1. The van der Waals surface area contributed by atoms with Crippen molar-refractivity contribution in [2.45, 2.75) is 13.8 Å². The van der Waals surface area contributed by atoms with E-state index < -0.39 is 5.97 Å². The molecule has 0 fully saturated rings. The molecule has 0 spiro atoms. The van der Waals surface area contributed by atoms with E-state index in [9.17, 15) is 9.59 Å². The van der Waals surface area contributed by atoms with Crippen molar-refractivity contribution in [1.29, 1.82) is 0 Å². The monoisotopic (exact) mass is 383 g/mol. The number of hydrogen-bond donors (Lipinski definition) is 1. The van der Waals surface area contributed by atoms with E-state index >= 15 is 0 Å². The summed E-state index contributed by atoms with van der Waals surface area (Å²) in [6, 6.07) is 12.1. The van der Waals surface area contributed by atoms with Crippen LogP contribution in [0, 0.1) is 6.92 Å². The molecule has 0 saturated carbocycles. The number of carbonyl (C=O) groups is 2. The number of methoxy groups -OCH3 is 1. The minimum absolute atomic E-state index is 0.198. The Morgan fingerprint density at radius 2 is 1.93 bits per heavy atom. The van der Waals surface area contributed by atoms with Gasteiger partial charge in [0.25, 0.3) is 5.91 Å². The molecule has 3 aromatic rings. The van der Waals surface area contributed by atoms with Gasteiger partial charge in [-0.15, -0.1) is 0 Å². The number of aryl methyl sites for hydroxylation is 1. The molecule has 2 aromatic carbocycles. The van der Waals surface area contributed by atoms with Gasteiger partial charge in [0.1, 0.15) is 22.8 Å². The fourth-order valence-corrected chi connectivity index (χ4v) is 2.81. The first kappa shape index (κ1) is 19.3. The highest BCUT2D eigenvalue weighted by molar-refractivity contribution is 6.13. The third-order valence-corrected chi connectivity index (χ3v) is 4.05. The van der Waals surface area contributed by atoms with Crippen molar-refractivity contribution in [3.8, 4) is 11.5 Å². The number of anilines is 1. The van der Waals surface area contributed by atoms with Crippen molar-refractivity contribution >= 4 is 28.5 Å². The summed E-state index contributed by atoms with van der Waals surface area (Å²) in [6.45, 7) is 3.56. The predicted molar refractivity (Wildman–Crippen MR) is 104 cm³/mol. The highest BCUT2D eigenvalue weighted by Crippen LogP contribution is 2.30. The molecule has 1 aromatic heterocycles. The first-order valence-corrected chi connectivity index (χ1v) is 8.78. The summed E-state index contributed by atoms with van der Waals surface area (Å²) >= 11 is 0. The summed E-state index contributed by atoms with van der Waals surface area (Å²) in [4.78, 5) is 24.3. The van der Waals surface area contributed by atoms with E-state index in [-0.39, 0.29) is 12.5 Å². The number of carbonyl (C=O) groups excluding carboxylic acids is 2. The molecule has 0 bridgehead atoms. The maximum Gasteiger partial charge on any atom is 0.344 e. The zero-order valence-corrected chi connectivity index (χ0v) is 15.9. The molecule has 0 aliphatic heterocycles. The highest BCUT2D eigenvalue weighted by Gasteiger charge is 2.19. The second-order valence-electron chi connectivity index (χ2n) is 5.97. The number of fused-ring (bicyclic) bond motifs is 1. The largest absolute Gasteiger partial charge is 0.497 e. The Hall–Kier alpha value is -3.48. The molecular weight excluding hydrogens is 362 g/mol. The van der Waals surface area contributed by atoms with Crippen molar-refractivity contribution < 1.29 is 28.2 Å². The van der Waals surface area contributed by atoms with E-state index in [0.717, 1.165) is 0 Å². The van der Waals surface area contributed by atoms with E-state index in [2.05, 4.69) is 5.32 Å². The number of furan rings is 1. The van der Waals surface area contributed by atoms with Crippen molar-refractivity contribution in [2.75, 3.05) is 25.6 Å². The Labute approximate surface area is 162 Å². The second-order valence-corrected chi connectivity index (χ2v) is 5.97. The molecule has 7 heteroatoms. The molecule has 0 unspecified atom stereocenters. The summed E-state index contributed by atoms with van der Waals surface area (Å²) in [5, 5.41) is 3.50. The van der Waals surface area contributed by atoms with Gasteiger partial charge < -0.3 is 23.9 Å². The Morgan fingerprint density at radius 3 is 2.68 bits per heavy atom. The van der Waals surface area contributed by atoms with Crippen LogP contribution >= 0.6 is 0 Å². The van der Waals surface area contributed by atoms with Crippen LogP contribution in [0.3, 0.4) is 0 Å². The molecule has 0 saturated heterocycles. The number of benzene rings is 2. The van der Waals surface area contributed by atoms with Crippen LogP contribution in [0.25, 0.3) is 11.0 Å². The molecule has 3 rings (SSSR count). The molecule has 1 amide bonds. The first-order chi connectivity index (χ1) is 13.5. The predicted octanol–water partition coefficient (Wildman–Crippen LogP) is 3.94. The minimum atomic E-state index is -0.452. The molecule has 146 valence electrons. The first-order valence-electron chi connectivity index (χ1n) is 8.78. The van der Waals surface area contributed by atoms with Crippen LogP contribution in [-0.4, -0.2) is 32.2 Å². The van der Waals surface area contributed by atoms with E-state index in [1.54, 1.807) is 63.4 Å². The average molecular weight is 383 g/mol. The lowest BCUT2D eigenvalue weighted by Crippen LogP contribution is -2.15. The summed E-state index contributed by atoms with van der Waals surface area (Å²) in [5.74, 6) is 0.826. The summed E-state index contributed by atoms with van der Waals surface area (Å²) in [5.41, 5.74) is 1.57. The van der Waals surface area contributed by atoms with E-state index in [4.69, 9.17) is 18.6 Å². The number of ether oxygens (including phenoxy) is 3. The summed E-state index contributed by atoms with van der Waals surface area (Å²) < 4.78 is 21.1. The fourth-order valence-electron chi connectivity index (χ4n) is 2.81. The van der Waals surface area contributed by atoms with Crippen LogP contribution in [0.1, 0.15) is 23.0 Å². The second kappa shape index (κ2) is 8.47. The average Bonchev–Trinajstić information content (AvgIpc) is 3.01. The number of hydrogen-bond acceptors (Lipinski definition) is 6. The molecule has 0 radical (unpaired) electrons. The third kappa shape index (κ3) is 4.25. The quantitative estimate of drug-likeness (QED) is 0.622. The standard InChI is InChI=1S/C21H21NO6/c1-4-26-19(23)12-27-16-7-5-6-14(10-16)22-21(24)20-13(2)28-18-9-8-15(25-3)11-17(18)20/h5-11H,4,12H2,1-3H3,(H,22,24). The maximum atomic E-state index is 12.8. The van der Waals surface area contributed by atoms with Crippen LogP contribution in [-0.2, 0) is 9.53 Å². The minimum Gasteiger partial charge on any atom is -0.497 e. The van der Waals surface area contributed by atoms with Crippen molar-refractivity contribution in [3.63, 3.8) is 0 Å². The molecule has 1 N–H and O–H groups in total. The van der Waals surface area contributed by atoms with Gasteiger partial charge in [-0.1, -0.05) is 6.07 Å². The number of rotatable bonds is 7. The zero-order chi connectivity index (χ0) is 20.1. The molecular formula is C21H21NO6. The van der Waals surface area contributed by atoms with Gasteiger partial charge in [0.15, 0.2) is 6.61 Å². The molecule has 0 atom stereocenters. The smallest absolute Gasteiger partial charge is 0.344 e. The van der Waals surface area contributed by atoms with Crippen molar-refractivity contribution in [3.05, 3.63) is 53.8 Å². The lowest BCUT2D eigenvalue weighted by Gasteiger charge is -2.09. The fraction of sp³-hybridized carbons (Fsp3) is 0.238. The van der Waals surface area contributed by atoms with E-state index in [0.29, 0.717) is 46.1 Å².